The van der Waals surface area contributed by atoms with E-state index in [9.17, 15) is 26.4 Å². The lowest BCUT2D eigenvalue weighted by Gasteiger charge is -2.34. The Labute approximate surface area is 172 Å². The summed E-state index contributed by atoms with van der Waals surface area (Å²) >= 11 is 0. The number of hydrogen-bond donors (Lipinski definition) is 0. The lowest BCUT2D eigenvalue weighted by atomic mass is 10.1. The SMILES string of the molecule is COC(=O)c1ccc(CN2CCN(S(=O)(=O)c3cccc(C(F)(F)F)c3)CC2)cc1. The normalized spacial score (nSPS) is 16.4. The van der Waals surface area contributed by atoms with Crippen molar-refractivity contribution in [3.8, 4) is 0 Å². The number of piperazine rings is 1. The van der Waals surface area contributed by atoms with Gasteiger partial charge in [-0.1, -0.05) is 18.2 Å². The van der Waals surface area contributed by atoms with Crippen LogP contribution in [0.3, 0.4) is 0 Å². The van der Waals surface area contributed by atoms with Gasteiger partial charge < -0.3 is 4.74 Å². The van der Waals surface area contributed by atoms with Gasteiger partial charge in [0, 0.05) is 32.7 Å². The summed E-state index contributed by atoms with van der Waals surface area (Å²) in [5, 5.41) is 0. The molecule has 1 aliphatic heterocycles. The second-order valence-electron chi connectivity index (χ2n) is 6.89. The molecule has 1 heterocycles. The molecule has 0 atom stereocenters. The van der Waals surface area contributed by atoms with E-state index in [2.05, 4.69) is 4.74 Å². The smallest absolute Gasteiger partial charge is 0.416 e. The van der Waals surface area contributed by atoms with Gasteiger partial charge in [0.15, 0.2) is 0 Å². The lowest BCUT2D eigenvalue weighted by molar-refractivity contribution is -0.137. The molecular weight excluding hydrogens is 421 g/mol. The third-order valence-corrected chi connectivity index (χ3v) is 6.81. The van der Waals surface area contributed by atoms with E-state index in [1.165, 1.54) is 17.5 Å². The first-order valence-corrected chi connectivity index (χ1v) is 10.6. The number of carbonyl (C=O) groups is 1. The van der Waals surface area contributed by atoms with E-state index in [1.807, 2.05) is 4.90 Å². The zero-order chi connectivity index (χ0) is 21.9. The van der Waals surface area contributed by atoms with Crippen LogP contribution in [0.1, 0.15) is 21.5 Å². The molecule has 0 N–H and O–H groups in total. The molecule has 162 valence electrons. The van der Waals surface area contributed by atoms with Crippen molar-refractivity contribution in [3.05, 3.63) is 65.2 Å². The number of carbonyl (C=O) groups excluding carboxylic acids is 1. The van der Waals surface area contributed by atoms with Crippen LogP contribution in [0, 0.1) is 0 Å². The van der Waals surface area contributed by atoms with Gasteiger partial charge in [-0.3, -0.25) is 4.90 Å². The standard InChI is InChI=1S/C20H21F3N2O4S/c1-29-19(26)16-7-5-15(6-8-16)14-24-9-11-25(12-10-24)30(27,28)18-4-2-3-17(13-18)20(21,22)23/h2-8,13H,9-12,14H2,1H3. The van der Waals surface area contributed by atoms with E-state index >= 15 is 0 Å². The Bertz CT molecular complexity index is 999. The maximum absolute atomic E-state index is 12.9. The second kappa shape index (κ2) is 8.75. The highest BCUT2D eigenvalue weighted by molar-refractivity contribution is 7.89. The van der Waals surface area contributed by atoms with Gasteiger partial charge in [-0.2, -0.15) is 17.5 Å². The summed E-state index contributed by atoms with van der Waals surface area (Å²) < 4.78 is 70.1. The summed E-state index contributed by atoms with van der Waals surface area (Å²) in [5.74, 6) is -0.421. The minimum atomic E-state index is -4.60. The van der Waals surface area contributed by atoms with Crippen LogP contribution in [0.5, 0.6) is 0 Å². The molecule has 0 aromatic heterocycles. The Kier molecular flexibility index (Phi) is 6.49. The highest BCUT2D eigenvalue weighted by atomic mass is 32.2. The Hall–Kier alpha value is -2.43. The molecule has 6 nitrogen and oxygen atoms in total. The predicted molar refractivity (Wildman–Crippen MR) is 103 cm³/mol. The lowest BCUT2D eigenvalue weighted by Crippen LogP contribution is -2.48. The van der Waals surface area contributed by atoms with Gasteiger partial charge in [0.25, 0.3) is 0 Å². The molecule has 0 spiro atoms. The van der Waals surface area contributed by atoms with Crippen LogP contribution in [0.15, 0.2) is 53.4 Å². The van der Waals surface area contributed by atoms with Crippen molar-refractivity contribution in [1.82, 2.24) is 9.21 Å². The van der Waals surface area contributed by atoms with E-state index in [0.29, 0.717) is 31.3 Å². The third-order valence-electron chi connectivity index (χ3n) is 4.91. The van der Waals surface area contributed by atoms with Crippen molar-refractivity contribution in [1.29, 1.82) is 0 Å². The Morgan fingerprint density at radius 3 is 2.23 bits per heavy atom. The van der Waals surface area contributed by atoms with Gasteiger partial charge in [-0.15, -0.1) is 0 Å². The molecule has 1 aliphatic rings. The summed E-state index contributed by atoms with van der Waals surface area (Å²) in [7, 11) is -2.70. The number of methoxy groups -OCH3 is 1. The molecular formula is C20H21F3N2O4S. The first-order chi connectivity index (χ1) is 14.1. The quantitative estimate of drug-likeness (QED) is 0.666. The minimum absolute atomic E-state index is 0.179. The molecule has 2 aromatic carbocycles. The average molecular weight is 442 g/mol. The van der Waals surface area contributed by atoms with Gasteiger partial charge in [-0.05, 0) is 35.9 Å². The van der Waals surface area contributed by atoms with Crippen LogP contribution < -0.4 is 0 Å². The van der Waals surface area contributed by atoms with Gasteiger partial charge in [0.05, 0.1) is 23.1 Å². The number of hydrogen-bond acceptors (Lipinski definition) is 5. The molecule has 0 amide bonds. The van der Waals surface area contributed by atoms with E-state index in [1.54, 1.807) is 24.3 Å². The largest absolute Gasteiger partial charge is 0.465 e. The number of sulfonamides is 1. The topological polar surface area (TPSA) is 66.9 Å². The maximum Gasteiger partial charge on any atom is 0.416 e. The van der Waals surface area contributed by atoms with Crippen molar-refractivity contribution < 1.29 is 31.1 Å². The zero-order valence-corrected chi connectivity index (χ0v) is 17.0. The highest BCUT2D eigenvalue weighted by Crippen LogP contribution is 2.31. The van der Waals surface area contributed by atoms with E-state index < -0.39 is 27.7 Å². The number of halogens is 3. The van der Waals surface area contributed by atoms with Crippen LogP contribution in [0.2, 0.25) is 0 Å². The molecule has 3 rings (SSSR count). The first kappa shape index (κ1) is 22.3. The minimum Gasteiger partial charge on any atom is -0.465 e. The Balaban J connectivity index is 1.63. The summed E-state index contributed by atoms with van der Waals surface area (Å²) in [6.07, 6.45) is -4.60. The van der Waals surface area contributed by atoms with Crippen LogP contribution >= 0.6 is 0 Å². The van der Waals surface area contributed by atoms with Crippen LogP contribution in [-0.4, -0.2) is 56.9 Å². The second-order valence-corrected chi connectivity index (χ2v) is 8.83. The van der Waals surface area contributed by atoms with Crippen molar-refractivity contribution >= 4 is 16.0 Å². The van der Waals surface area contributed by atoms with E-state index in [4.69, 9.17) is 0 Å². The molecule has 1 saturated heterocycles. The van der Waals surface area contributed by atoms with E-state index in [-0.39, 0.29) is 18.0 Å². The average Bonchev–Trinajstić information content (AvgIpc) is 2.73. The number of ether oxygens (including phenoxy) is 1. The van der Waals surface area contributed by atoms with Gasteiger partial charge in [-0.25, -0.2) is 13.2 Å². The Morgan fingerprint density at radius 1 is 1.03 bits per heavy atom. The highest BCUT2D eigenvalue weighted by Gasteiger charge is 2.34. The summed E-state index contributed by atoms with van der Waals surface area (Å²) in [6.45, 7) is 1.81. The van der Waals surface area contributed by atoms with Crippen molar-refractivity contribution in [2.24, 2.45) is 0 Å². The molecule has 0 unspecified atom stereocenters. The fraction of sp³-hybridized carbons (Fsp3) is 0.350. The van der Waals surface area contributed by atoms with Gasteiger partial charge in [0.1, 0.15) is 0 Å². The van der Waals surface area contributed by atoms with Crippen molar-refractivity contribution in [3.63, 3.8) is 0 Å². The molecule has 1 fully saturated rings. The first-order valence-electron chi connectivity index (χ1n) is 9.18. The zero-order valence-electron chi connectivity index (χ0n) is 16.2. The monoisotopic (exact) mass is 442 g/mol. The van der Waals surface area contributed by atoms with E-state index in [0.717, 1.165) is 17.7 Å². The molecule has 2 aromatic rings. The molecule has 30 heavy (non-hydrogen) atoms. The molecule has 0 radical (unpaired) electrons. The van der Waals surface area contributed by atoms with Crippen molar-refractivity contribution in [2.75, 3.05) is 33.3 Å². The molecule has 0 bridgehead atoms. The Morgan fingerprint density at radius 2 is 1.67 bits per heavy atom. The van der Waals surface area contributed by atoms with Gasteiger partial charge in [0.2, 0.25) is 10.0 Å². The number of benzene rings is 2. The summed E-state index contributed by atoms with van der Waals surface area (Å²) in [5.41, 5.74) is 0.410. The predicted octanol–water partition coefficient (Wildman–Crippen LogP) is 3.00. The number of alkyl halides is 3. The van der Waals surface area contributed by atoms with Crippen LogP contribution in [0.4, 0.5) is 13.2 Å². The molecule has 0 aliphatic carbocycles. The van der Waals surface area contributed by atoms with Crippen LogP contribution in [-0.2, 0) is 27.5 Å². The van der Waals surface area contributed by atoms with Crippen molar-refractivity contribution in [2.45, 2.75) is 17.6 Å². The summed E-state index contributed by atoms with van der Waals surface area (Å²) in [6, 6.07) is 10.7. The number of nitrogens with zero attached hydrogens (tertiary/aromatic N) is 2. The number of esters is 1. The third kappa shape index (κ3) is 5.00. The summed E-state index contributed by atoms with van der Waals surface area (Å²) in [4.78, 5) is 13.2. The maximum atomic E-state index is 12.9. The van der Waals surface area contributed by atoms with Gasteiger partial charge >= 0.3 is 12.1 Å². The molecule has 10 heteroatoms. The number of rotatable bonds is 5. The fourth-order valence-electron chi connectivity index (χ4n) is 3.23. The fourth-order valence-corrected chi connectivity index (χ4v) is 4.70. The van der Waals surface area contributed by atoms with Crippen LogP contribution in [0.25, 0.3) is 0 Å². The molecule has 0 saturated carbocycles.